The first-order valence-electron chi connectivity index (χ1n) is 13.3. The average molecular weight is 611 g/mol. The van der Waals surface area contributed by atoms with Crippen molar-refractivity contribution in [3.05, 3.63) is 58.7 Å². The quantitative estimate of drug-likeness (QED) is 0.156. The van der Waals surface area contributed by atoms with Gasteiger partial charge < -0.3 is 64.5 Å². The van der Waals surface area contributed by atoms with Crippen LogP contribution in [0.25, 0.3) is 0 Å². The third kappa shape index (κ3) is 6.90. The lowest BCUT2D eigenvalue weighted by Gasteiger charge is -2.44. The minimum absolute atomic E-state index is 0.128. The van der Waals surface area contributed by atoms with E-state index >= 15 is 0 Å². The monoisotopic (exact) mass is 610 g/mol. The Kier molecular flexibility index (Phi) is 10.2. The number of benzene rings is 2. The summed E-state index contributed by atoms with van der Waals surface area (Å²) in [4.78, 5) is 25.1. The summed E-state index contributed by atoms with van der Waals surface area (Å²) in [5.41, 5.74) is 0.562. The van der Waals surface area contributed by atoms with Gasteiger partial charge in [0.15, 0.2) is 12.6 Å². The van der Waals surface area contributed by atoms with Crippen molar-refractivity contribution in [2.75, 3.05) is 13.2 Å². The van der Waals surface area contributed by atoms with Crippen LogP contribution in [0, 0.1) is 13.8 Å². The highest BCUT2D eigenvalue weighted by Gasteiger charge is 2.50. The molecule has 43 heavy (non-hydrogen) atoms. The van der Waals surface area contributed by atoms with Crippen molar-refractivity contribution in [3.63, 3.8) is 0 Å². The van der Waals surface area contributed by atoms with Crippen LogP contribution in [0.3, 0.4) is 0 Å². The molecule has 2 aromatic rings. The Morgan fingerprint density at radius 3 is 1.35 bits per heavy atom. The second kappa shape index (κ2) is 13.5. The Morgan fingerprint density at radius 2 is 1.00 bits per heavy atom. The molecule has 8 N–H and O–H groups in total. The van der Waals surface area contributed by atoms with Gasteiger partial charge in [0, 0.05) is 0 Å². The summed E-state index contributed by atoms with van der Waals surface area (Å²) in [5.74, 6) is -2.59. The van der Waals surface area contributed by atoms with Gasteiger partial charge in [0.25, 0.3) is 0 Å². The molecule has 2 aliphatic rings. The number of carbonyl (C=O) groups is 2. The van der Waals surface area contributed by atoms with Crippen LogP contribution >= 0.6 is 0 Å². The van der Waals surface area contributed by atoms with E-state index in [9.17, 15) is 50.4 Å². The number of phenols is 2. The summed E-state index contributed by atoms with van der Waals surface area (Å²) in [7, 11) is 0. The third-order valence-corrected chi connectivity index (χ3v) is 7.27. The Morgan fingerprint density at radius 1 is 0.628 bits per heavy atom. The summed E-state index contributed by atoms with van der Waals surface area (Å²) in [6.45, 7) is 1.82. The molecule has 0 aliphatic carbocycles. The van der Waals surface area contributed by atoms with E-state index in [4.69, 9.17) is 23.7 Å². The molecule has 15 heteroatoms. The molecule has 0 radical (unpaired) electrons. The highest BCUT2D eigenvalue weighted by molar-refractivity contribution is 5.94. The fraction of sp³-hybridized carbons (Fsp3) is 0.500. The molecule has 2 heterocycles. The van der Waals surface area contributed by atoms with Crippen LogP contribution in [0.1, 0.15) is 31.8 Å². The summed E-state index contributed by atoms with van der Waals surface area (Å²) >= 11 is 0. The second-order valence-corrected chi connectivity index (χ2v) is 10.3. The molecular weight excluding hydrogens is 576 g/mol. The van der Waals surface area contributed by atoms with Gasteiger partial charge in [-0.05, 0) is 37.1 Å². The van der Waals surface area contributed by atoms with Crippen LogP contribution in [0.4, 0.5) is 0 Å². The van der Waals surface area contributed by atoms with E-state index in [2.05, 4.69) is 0 Å². The van der Waals surface area contributed by atoms with Crippen molar-refractivity contribution in [1.29, 1.82) is 0 Å². The van der Waals surface area contributed by atoms with E-state index < -0.39 is 86.6 Å². The Labute approximate surface area is 245 Å². The van der Waals surface area contributed by atoms with E-state index in [1.165, 1.54) is 24.3 Å². The standard InChI is InChI=1S/C28H34O15/c1-11-5-3-7-13(29)17(11)25(37)39-9-15-19(31)21(33)23(35)27(41-15)43-28-24(36)22(34)20(32)16(42-28)10-40-26(38)18-12(2)6-4-8-14(18)30/h3-8,15-16,19-24,27-36H,9-10H2,1-2H3/t15-,16-,19-,20-,21+,22+,23-,24-,27-,28-/m1/s1. The van der Waals surface area contributed by atoms with Gasteiger partial charge in [-0.2, -0.15) is 0 Å². The first kappa shape index (κ1) is 32.5. The molecule has 0 amide bonds. The van der Waals surface area contributed by atoms with Gasteiger partial charge >= 0.3 is 11.9 Å². The van der Waals surface area contributed by atoms with Crippen molar-refractivity contribution in [2.45, 2.75) is 75.3 Å². The van der Waals surface area contributed by atoms with Crippen molar-refractivity contribution < 1.29 is 74.1 Å². The Balaban J connectivity index is 1.41. The van der Waals surface area contributed by atoms with Gasteiger partial charge in [-0.3, -0.25) is 0 Å². The molecule has 236 valence electrons. The lowest BCUT2D eigenvalue weighted by Crippen LogP contribution is -2.64. The summed E-state index contributed by atoms with van der Waals surface area (Å²) in [5, 5.41) is 82.5. The summed E-state index contributed by atoms with van der Waals surface area (Å²) < 4.78 is 26.7. The van der Waals surface area contributed by atoms with Crippen LogP contribution in [0.15, 0.2) is 36.4 Å². The number of esters is 2. The number of hydrogen-bond donors (Lipinski definition) is 8. The van der Waals surface area contributed by atoms with E-state index in [0.717, 1.165) is 0 Å². The van der Waals surface area contributed by atoms with E-state index in [-0.39, 0.29) is 22.6 Å². The zero-order chi connectivity index (χ0) is 31.6. The van der Waals surface area contributed by atoms with Crippen LogP contribution in [0.5, 0.6) is 11.5 Å². The lowest BCUT2D eigenvalue weighted by atomic mass is 9.98. The van der Waals surface area contributed by atoms with Gasteiger partial charge in [0.1, 0.15) is 84.7 Å². The molecule has 0 unspecified atom stereocenters. The normalized spacial score (nSPS) is 32.7. The molecule has 4 rings (SSSR count). The topological polar surface area (TPSA) is 242 Å². The average Bonchev–Trinajstić information content (AvgIpc) is 2.96. The number of carbonyl (C=O) groups excluding carboxylic acids is 2. The van der Waals surface area contributed by atoms with E-state index in [1.807, 2.05) is 0 Å². The minimum atomic E-state index is -1.91. The zero-order valence-corrected chi connectivity index (χ0v) is 23.1. The smallest absolute Gasteiger partial charge is 0.342 e. The van der Waals surface area contributed by atoms with Crippen LogP contribution < -0.4 is 0 Å². The molecular formula is C28H34O15. The third-order valence-electron chi connectivity index (χ3n) is 7.27. The van der Waals surface area contributed by atoms with Gasteiger partial charge in [0.05, 0.1) is 0 Å². The van der Waals surface area contributed by atoms with Crippen LogP contribution in [-0.4, -0.2) is 127 Å². The first-order valence-corrected chi connectivity index (χ1v) is 13.3. The van der Waals surface area contributed by atoms with Gasteiger partial charge in [0.2, 0.25) is 0 Å². The molecule has 15 nitrogen and oxygen atoms in total. The highest BCUT2D eigenvalue weighted by Crippen LogP contribution is 2.30. The summed E-state index contributed by atoms with van der Waals surface area (Å²) in [6.07, 6.45) is -17.7. The van der Waals surface area contributed by atoms with Crippen LogP contribution in [-0.2, 0) is 23.7 Å². The van der Waals surface area contributed by atoms with E-state index in [1.54, 1.807) is 26.0 Å². The number of aliphatic hydroxyl groups is 6. The number of hydrogen-bond acceptors (Lipinski definition) is 15. The number of rotatable bonds is 8. The highest BCUT2D eigenvalue weighted by atomic mass is 16.8. The van der Waals surface area contributed by atoms with E-state index in [0.29, 0.717) is 11.1 Å². The van der Waals surface area contributed by atoms with Crippen molar-refractivity contribution in [2.24, 2.45) is 0 Å². The second-order valence-electron chi connectivity index (χ2n) is 10.3. The zero-order valence-electron chi connectivity index (χ0n) is 23.1. The number of aromatic hydroxyl groups is 2. The number of ether oxygens (including phenoxy) is 5. The molecule has 0 saturated carbocycles. The molecule has 2 saturated heterocycles. The fourth-order valence-corrected chi connectivity index (χ4v) is 4.76. The van der Waals surface area contributed by atoms with Crippen molar-refractivity contribution in [3.8, 4) is 11.5 Å². The number of phenolic OH excluding ortho intramolecular Hbond substituents is 2. The number of aryl methyl sites for hydroxylation is 2. The first-order chi connectivity index (χ1) is 20.3. The van der Waals surface area contributed by atoms with Crippen LogP contribution in [0.2, 0.25) is 0 Å². The predicted molar refractivity (Wildman–Crippen MR) is 141 cm³/mol. The maximum atomic E-state index is 12.5. The fourth-order valence-electron chi connectivity index (χ4n) is 4.76. The van der Waals surface area contributed by atoms with Crippen molar-refractivity contribution in [1.82, 2.24) is 0 Å². The van der Waals surface area contributed by atoms with Gasteiger partial charge in [-0.25, -0.2) is 9.59 Å². The number of aliphatic hydroxyl groups excluding tert-OH is 6. The van der Waals surface area contributed by atoms with Crippen molar-refractivity contribution >= 4 is 11.9 Å². The van der Waals surface area contributed by atoms with Gasteiger partial charge in [-0.1, -0.05) is 24.3 Å². The predicted octanol–water partition coefficient (Wildman–Crippen LogP) is -1.64. The lowest BCUT2D eigenvalue weighted by molar-refractivity contribution is -0.376. The minimum Gasteiger partial charge on any atom is -0.507 e. The molecule has 0 spiro atoms. The molecule has 0 aromatic heterocycles. The molecule has 2 fully saturated rings. The maximum absolute atomic E-state index is 12.5. The largest absolute Gasteiger partial charge is 0.507 e. The molecule has 2 aromatic carbocycles. The molecule has 2 aliphatic heterocycles. The SMILES string of the molecule is Cc1cccc(O)c1C(=O)OC[C@H]1O[C@H](O[C@H]2O[C@H](COC(=O)c3c(C)cccc3O)[C@@H](O)[C@H](O)[C@H]2O)[C@H](O)[C@@H](O)[C@@H]1O. The molecule has 10 atom stereocenters. The van der Waals surface area contributed by atoms with Gasteiger partial charge in [-0.15, -0.1) is 0 Å². The molecule has 0 bridgehead atoms. The summed E-state index contributed by atoms with van der Waals surface area (Å²) in [6, 6.07) is 8.73. The maximum Gasteiger partial charge on any atom is 0.342 e. The Hall–Kier alpha value is -3.38. The Bertz CT molecular complexity index is 1160.